The number of nitrogens with one attached hydrogen (secondary N) is 2. The van der Waals surface area contributed by atoms with Crippen molar-refractivity contribution in [1.82, 2.24) is 5.32 Å². The Morgan fingerprint density at radius 1 is 1.23 bits per heavy atom. The summed E-state index contributed by atoms with van der Waals surface area (Å²) in [5, 5.41) is 14.7. The first-order valence-corrected chi connectivity index (χ1v) is 7.55. The number of aliphatic hydroxyl groups is 1. The molecule has 2 aromatic carbocycles. The highest BCUT2D eigenvalue weighted by Crippen LogP contribution is 2.22. The molecule has 4 nitrogen and oxygen atoms in total. The molecule has 116 valence electrons. The van der Waals surface area contributed by atoms with E-state index < -0.39 is 17.9 Å². The van der Waals surface area contributed by atoms with E-state index in [9.17, 15) is 14.3 Å². The fraction of sp³-hybridized carbons (Fsp3) is 0.188. The molecule has 3 N–H and O–H groups in total. The molecular weight excluding hydrogens is 351 g/mol. The minimum absolute atomic E-state index is 0.174. The van der Waals surface area contributed by atoms with E-state index in [4.69, 9.17) is 0 Å². The minimum Gasteiger partial charge on any atom is -0.394 e. The molecule has 0 aliphatic heterocycles. The Kier molecular flexibility index (Phi) is 5.91. The van der Waals surface area contributed by atoms with E-state index >= 15 is 0 Å². The molecule has 2 aromatic rings. The van der Waals surface area contributed by atoms with Gasteiger partial charge in [-0.1, -0.05) is 30.3 Å². The lowest BCUT2D eigenvalue weighted by atomic mass is 10.1. The number of carbonyl (C=O) groups is 1. The van der Waals surface area contributed by atoms with Gasteiger partial charge in [0.2, 0.25) is 0 Å². The van der Waals surface area contributed by atoms with Gasteiger partial charge in [-0.05, 0) is 46.1 Å². The summed E-state index contributed by atoms with van der Waals surface area (Å²) in [5.74, 6) is -0.393. The van der Waals surface area contributed by atoms with Crippen LogP contribution in [0.3, 0.4) is 0 Å². The lowest BCUT2D eigenvalue weighted by Gasteiger charge is -2.17. The van der Waals surface area contributed by atoms with Crippen LogP contribution in [-0.2, 0) is 6.42 Å². The predicted molar refractivity (Wildman–Crippen MR) is 87.3 cm³/mol. The summed E-state index contributed by atoms with van der Waals surface area (Å²) >= 11 is 3.18. The van der Waals surface area contributed by atoms with Gasteiger partial charge in [-0.25, -0.2) is 9.18 Å². The van der Waals surface area contributed by atoms with Crippen molar-refractivity contribution in [1.29, 1.82) is 0 Å². The van der Waals surface area contributed by atoms with Crippen molar-refractivity contribution >= 4 is 27.6 Å². The third-order valence-electron chi connectivity index (χ3n) is 3.06. The number of aliphatic hydroxyl groups excluding tert-OH is 1. The monoisotopic (exact) mass is 366 g/mol. The van der Waals surface area contributed by atoms with E-state index in [1.165, 1.54) is 18.2 Å². The first-order chi connectivity index (χ1) is 10.6. The summed E-state index contributed by atoms with van der Waals surface area (Å²) < 4.78 is 13.5. The summed E-state index contributed by atoms with van der Waals surface area (Å²) in [4.78, 5) is 12.0. The normalized spacial score (nSPS) is 11.8. The number of rotatable bonds is 5. The molecule has 6 heteroatoms. The van der Waals surface area contributed by atoms with E-state index in [2.05, 4.69) is 26.6 Å². The molecule has 0 spiro atoms. The number of anilines is 1. The number of amides is 2. The second-order valence-electron chi connectivity index (χ2n) is 4.79. The van der Waals surface area contributed by atoms with Gasteiger partial charge >= 0.3 is 6.03 Å². The van der Waals surface area contributed by atoms with Crippen LogP contribution in [0.2, 0.25) is 0 Å². The molecule has 0 radical (unpaired) electrons. The zero-order chi connectivity index (χ0) is 15.9. The molecule has 0 aromatic heterocycles. The largest absolute Gasteiger partial charge is 0.394 e. The molecule has 2 amide bonds. The summed E-state index contributed by atoms with van der Waals surface area (Å²) in [6.07, 6.45) is 0.523. The van der Waals surface area contributed by atoms with Gasteiger partial charge in [0.1, 0.15) is 5.82 Å². The van der Waals surface area contributed by atoms with E-state index in [1.54, 1.807) is 0 Å². The van der Waals surface area contributed by atoms with Crippen molar-refractivity contribution in [3.05, 3.63) is 64.4 Å². The Balaban J connectivity index is 1.94. The maximum absolute atomic E-state index is 13.0. The highest BCUT2D eigenvalue weighted by Gasteiger charge is 2.13. The van der Waals surface area contributed by atoms with Crippen molar-refractivity contribution < 1.29 is 14.3 Å². The molecule has 1 unspecified atom stereocenters. The van der Waals surface area contributed by atoms with Crippen LogP contribution in [0, 0.1) is 5.82 Å². The summed E-state index contributed by atoms with van der Waals surface area (Å²) in [7, 11) is 0. The number of hydrogen-bond donors (Lipinski definition) is 3. The minimum atomic E-state index is -0.456. The van der Waals surface area contributed by atoms with Crippen LogP contribution in [0.5, 0.6) is 0 Å². The zero-order valence-corrected chi connectivity index (χ0v) is 13.3. The number of hydrogen-bond acceptors (Lipinski definition) is 2. The predicted octanol–water partition coefficient (Wildman–Crippen LogP) is 3.31. The third-order valence-corrected chi connectivity index (χ3v) is 3.72. The van der Waals surface area contributed by atoms with Gasteiger partial charge in [-0.2, -0.15) is 0 Å². The molecule has 0 aliphatic rings. The molecule has 22 heavy (non-hydrogen) atoms. The van der Waals surface area contributed by atoms with Crippen LogP contribution in [0.25, 0.3) is 0 Å². The van der Waals surface area contributed by atoms with Crippen LogP contribution in [0.15, 0.2) is 53.0 Å². The molecule has 2 rings (SSSR count). The number of benzene rings is 2. The van der Waals surface area contributed by atoms with Crippen LogP contribution in [0.4, 0.5) is 14.9 Å². The Bertz CT molecular complexity index is 637. The standard InChI is InChI=1S/C16H16BrFN2O2/c17-14-9-12(18)6-7-15(14)20-16(22)19-13(10-21)8-11-4-2-1-3-5-11/h1-7,9,13,21H,8,10H2,(H2,19,20,22). The highest BCUT2D eigenvalue weighted by molar-refractivity contribution is 9.10. The van der Waals surface area contributed by atoms with Crippen molar-refractivity contribution in [2.24, 2.45) is 0 Å². The van der Waals surface area contributed by atoms with Gasteiger partial charge in [0.15, 0.2) is 0 Å². The molecule has 0 saturated carbocycles. The second kappa shape index (κ2) is 7.91. The Hall–Kier alpha value is -1.92. The first-order valence-electron chi connectivity index (χ1n) is 6.76. The van der Waals surface area contributed by atoms with Crippen LogP contribution in [0.1, 0.15) is 5.56 Å². The number of halogens is 2. The quantitative estimate of drug-likeness (QED) is 0.759. The summed E-state index contributed by atoms with van der Waals surface area (Å²) in [6, 6.07) is 12.7. The number of urea groups is 1. The summed E-state index contributed by atoms with van der Waals surface area (Å²) in [5.41, 5.74) is 1.47. The maximum Gasteiger partial charge on any atom is 0.319 e. The second-order valence-corrected chi connectivity index (χ2v) is 5.65. The van der Waals surface area contributed by atoms with Crippen LogP contribution >= 0.6 is 15.9 Å². The van der Waals surface area contributed by atoms with Crippen molar-refractivity contribution in [2.45, 2.75) is 12.5 Å². The molecule has 0 fully saturated rings. The molecule has 0 bridgehead atoms. The van der Waals surface area contributed by atoms with Gasteiger partial charge in [0.05, 0.1) is 18.3 Å². The average molecular weight is 367 g/mol. The lowest BCUT2D eigenvalue weighted by Crippen LogP contribution is -2.41. The zero-order valence-electron chi connectivity index (χ0n) is 11.7. The molecule has 0 aliphatic carbocycles. The molecule has 0 saturated heterocycles. The molecule has 1 atom stereocenters. The molecular formula is C16H16BrFN2O2. The van der Waals surface area contributed by atoms with Gasteiger partial charge in [0.25, 0.3) is 0 Å². The fourth-order valence-corrected chi connectivity index (χ4v) is 2.44. The van der Waals surface area contributed by atoms with Crippen molar-refractivity contribution in [2.75, 3.05) is 11.9 Å². The third kappa shape index (κ3) is 4.82. The maximum atomic E-state index is 13.0. The van der Waals surface area contributed by atoms with Crippen molar-refractivity contribution in [3.8, 4) is 0 Å². The van der Waals surface area contributed by atoms with Gasteiger partial charge in [0, 0.05) is 4.47 Å². The van der Waals surface area contributed by atoms with Gasteiger partial charge in [-0.15, -0.1) is 0 Å². The Morgan fingerprint density at radius 3 is 2.59 bits per heavy atom. The Labute approximate surface area is 136 Å². The van der Waals surface area contributed by atoms with Crippen LogP contribution < -0.4 is 10.6 Å². The topological polar surface area (TPSA) is 61.4 Å². The first kappa shape index (κ1) is 16.5. The SMILES string of the molecule is O=C(Nc1ccc(F)cc1Br)NC(CO)Cc1ccccc1. The smallest absolute Gasteiger partial charge is 0.319 e. The van der Waals surface area contributed by atoms with E-state index in [1.807, 2.05) is 30.3 Å². The molecule has 0 heterocycles. The van der Waals surface area contributed by atoms with Gasteiger partial charge in [-0.3, -0.25) is 0 Å². The fourth-order valence-electron chi connectivity index (χ4n) is 1.99. The van der Waals surface area contributed by atoms with E-state index in [0.29, 0.717) is 16.6 Å². The van der Waals surface area contributed by atoms with Crippen molar-refractivity contribution in [3.63, 3.8) is 0 Å². The van der Waals surface area contributed by atoms with Gasteiger partial charge < -0.3 is 15.7 Å². The van der Waals surface area contributed by atoms with Crippen LogP contribution in [-0.4, -0.2) is 23.8 Å². The van der Waals surface area contributed by atoms with E-state index in [-0.39, 0.29) is 6.61 Å². The van der Waals surface area contributed by atoms with E-state index in [0.717, 1.165) is 5.56 Å². The summed E-state index contributed by atoms with van der Waals surface area (Å²) in [6.45, 7) is -0.174. The Morgan fingerprint density at radius 2 is 1.95 bits per heavy atom. The highest BCUT2D eigenvalue weighted by atomic mass is 79.9. The average Bonchev–Trinajstić information content (AvgIpc) is 2.50. The number of carbonyl (C=O) groups excluding carboxylic acids is 1. The lowest BCUT2D eigenvalue weighted by molar-refractivity contribution is 0.224.